The van der Waals surface area contributed by atoms with Gasteiger partial charge in [-0.3, -0.25) is 9.52 Å². The van der Waals surface area contributed by atoms with Crippen LogP contribution >= 0.6 is 0 Å². The van der Waals surface area contributed by atoms with Crippen LogP contribution in [0.3, 0.4) is 0 Å². The number of ether oxygens (including phenoxy) is 1. The summed E-state index contributed by atoms with van der Waals surface area (Å²) in [6.45, 7) is 0. The number of carbonyl (C=O) groups excluding carboxylic acids is 1. The van der Waals surface area contributed by atoms with Crippen LogP contribution in [0.4, 0.5) is 8.78 Å². The first kappa shape index (κ1) is 21.0. The van der Waals surface area contributed by atoms with E-state index in [2.05, 4.69) is 0 Å². The van der Waals surface area contributed by atoms with Crippen molar-refractivity contribution < 1.29 is 26.7 Å². The molecule has 3 aromatic carbocycles. The number of carbonyl (C=O) groups is 1. The third kappa shape index (κ3) is 4.59. The lowest BCUT2D eigenvalue weighted by molar-refractivity contribution is -0.119. The molecule has 1 amide bonds. The Morgan fingerprint density at radius 2 is 1.55 bits per heavy atom. The van der Waals surface area contributed by atoms with Crippen molar-refractivity contribution in [1.82, 2.24) is 4.72 Å². The van der Waals surface area contributed by atoms with E-state index in [1.807, 2.05) is 16.9 Å². The fraction of sp³-hybridized carbons (Fsp3) is 0.174. The second kappa shape index (κ2) is 8.11. The summed E-state index contributed by atoms with van der Waals surface area (Å²) in [5.41, 5.74) is 3.27. The van der Waals surface area contributed by atoms with Gasteiger partial charge >= 0.3 is 0 Å². The Kier molecular flexibility index (Phi) is 5.49. The minimum atomic E-state index is -3.68. The Hall–Kier alpha value is -3.26. The van der Waals surface area contributed by atoms with Crippen molar-refractivity contribution in [2.75, 3.05) is 12.9 Å². The summed E-state index contributed by atoms with van der Waals surface area (Å²) in [5.74, 6) is -2.10. The lowest BCUT2D eigenvalue weighted by Gasteiger charge is -2.24. The van der Waals surface area contributed by atoms with Gasteiger partial charge in [-0.15, -0.1) is 0 Å². The van der Waals surface area contributed by atoms with Crippen LogP contribution in [0.15, 0.2) is 60.7 Å². The molecule has 1 atom stereocenters. The van der Waals surface area contributed by atoms with E-state index in [1.165, 1.54) is 19.2 Å². The summed E-state index contributed by atoms with van der Waals surface area (Å²) in [5, 5.41) is 0. The monoisotopic (exact) mass is 443 g/mol. The number of amides is 1. The molecule has 0 bridgehead atoms. The van der Waals surface area contributed by atoms with E-state index < -0.39 is 33.5 Å². The molecule has 5 nitrogen and oxygen atoms in total. The van der Waals surface area contributed by atoms with Crippen LogP contribution in [0.2, 0.25) is 0 Å². The predicted molar refractivity (Wildman–Crippen MR) is 113 cm³/mol. The van der Waals surface area contributed by atoms with E-state index in [1.54, 1.807) is 30.3 Å². The quantitative estimate of drug-likeness (QED) is 0.655. The van der Waals surface area contributed by atoms with E-state index in [0.717, 1.165) is 17.2 Å². The van der Waals surface area contributed by atoms with Crippen LogP contribution in [0.25, 0.3) is 22.3 Å². The molecule has 4 rings (SSSR count). The lowest BCUT2D eigenvalue weighted by Crippen LogP contribution is -2.40. The van der Waals surface area contributed by atoms with Gasteiger partial charge in [0, 0.05) is 18.4 Å². The Morgan fingerprint density at radius 3 is 2.19 bits per heavy atom. The topological polar surface area (TPSA) is 72.5 Å². The normalized spacial score (nSPS) is 17.8. The predicted octanol–water partition coefficient (Wildman–Crippen LogP) is 4.24. The fourth-order valence-corrected chi connectivity index (χ4v) is 5.17. The number of rotatable bonds is 4. The maximum absolute atomic E-state index is 13.6. The van der Waals surface area contributed by atoms with Gasteiger partial charge in [-0.25, -0.2) is 17.2 Å². The molecule has 1 aliphatic heterocycles. The zero-order valence-electron chi connectivity index (χ0n) is 16.6. The van der Waals surface area contributed by atoms with Gasteiger partial charge in [-0.05, 0) is 52.1 Å². The smallest absolute Gasteiger partial charge is 0.235 e. The van der Waals surface area contributed by atoms with E-state index in [4.69, 9.17) is 4.74 Å². The minimum Gasteiger partial charge on any atom is -0.496 e. The second-order valence-electron chi connectivity index (χ2n) is 7.40. The molecule has 0 radical (unpaired) electrons. The molecule has 1 unspecified atom stereocenters. The standard InChI is InChI=1S/C23H19F2NO4S/c1-30-22-10-16(5-6-21(22)18-11-23(27)26-31(28,29)13-18)14-3-2-4-15(7-14)17-8-19(24)12-20(25)9-17/h2-10,12,18H,11,13H2,1H3,(H,26,27). The number of methoxy groups -OCH3 is 1. The van der Waals surface area contributed by atoms with Crippen molar-refractivity contribution in [2.24, 2.45) is 0 Å². The van der Waals surface area contributed by atoms with Gasteiger partial charge in [0.15, 0.2) is 0 Å². The van der Waals surface area contributed by atoms with Gasteiger partial charge in [-0.1, -0.05) is 30.3 Å². The highest BCUT2D eigenvalue weighted by molar-refractivity contribution is 7.90. The summed E-state index contributed by atoms with van der Waals surface area (Å²) < 4.78 is 58.6. The van der Waals surface area contributed by atoms with Gasteiger partial charge < -0.3 is 4.74 Å². The molecule has 31 heavy (non-hydrogen) atoms. The summed E-state index contributed by atoms with van der Waals surface area (Å²) >= 11 is 0. The van der Waals surface area contributed by atoms with Crippen LogP contribution in [0.5, 0.6) is 5.75 Å². The van der Waals surface area contributed by atoms with Crippen molar-refractivity contribution in [2.45, 2.75) is 12.3 Å². The Labute approximate surface area is 178 Å². The van der Waals surface area contributed by atoms with Crippen LogP contribution in [0, 0.1) is 11.6 Å². The molecule has 160 valence electrons. The van der Waals surface area contributed by atoms with Crippen molar-refractivity contribution in [3.63, 3.8) is 0 Å². The molecule has 1 saturated heterocycles. The Bertz CT molecular complexity index is 1250. The molecule has 0 saturated carbocycles. The SMILES string of the molecule is COc1cc(-c2cccc(-c3cc(F)cc(F)c3)c2)ccc1C1CC(=O)NS(=O)(=O)C1. The van der Waals surface area contributed by atoms with Crippen LogP contribution in [-0.2, 0) is 14.8 Å². The first-order valence-corrected chi connectivity index (χ1v) is 11.2. The van der Waals surface area contributed by atoms with E-state index in [0.29, 0.717) is 22.4 Å². The van der Waals surface area contributed by atoms with Gasteiger partial charge in [0.05, 0.1) is 12.9 Å². The zero-order chi connectivity index (χ0) is 22.2. The highest BCUT2D eigenvalue weighted by Gasteiger charge is 2.32. The van der Waals surface area contributed by atoms with Crippen LogP contribution in [-0.4, -0.2) is 27.2 Å². The van der Waals surface area contributed by atoms with Crippen molar-refractivity contribution >= 4 is 15.9 Å². The molecule has 3 aromatic rings. The first-order chi connectivity index (χ1) is 14.7. The summed E-state index contributed by atoms with van der Waals surface area (Å²) in [6.07, 6.45) is 0.0511. The van der Waals surface area contributed by atoms with Gasteiger partial charge in [0.25, 0.3) is 0 Å². The Balaban J connectivity index is 1.71. The van der Waals surface area contributed by atoms with Gasteiger partial charge in [0.2, 0.25) is 15.9 Å². The number of halogens is 2. The maximum Gasteiger partial charge on any atom is 0.235 e. The molecule has 1 aliphatic rings. The van der Waals surface area contributed by atoms with Crippen LogP contribution in [0.1, 0.15) is 17.9 Å². The lowest BCUT2D eigenvalue weighted by atomic mass is 9.92. The summed E-state index contributed by atoms with van der Waals surface area (Å²) in [4.78, 5) is 11.8. The van der Waals surface area contributed by atoms with Gasteiger partial charge in [-0.2, -0.15) is 0 Å². The maximum atomic E-state index is 13.6. The summed E-state index contributed by atoms with van der Waals surface area (Å²) in [6, 6.07) is 15.9. The number of hydrogen-bond donors (Lipinski definition) is 1. The van der Waals surface area contributed by atoms with E-state index in [-0.39, 0.29) is 12.2 Å². The van der Waals surface area contributed by atoms with Crippen molar-refractivity contribution in [3.05, 3.63) is 77.9 Å². The average molecular weight is 443 g/mol. The largest absolute Gasteiger partial charge is 0.496 e. The van der Waals surface area contributed by atoms with Crippen molar-refractivity contribution in [1.29, 1.82) is 0 Å². The third-order valence-electron chi connectivity index (χ3n) is 5.19. The molecule has 0 aliphatic carbocycles. The minimum absolute atomic E-state index is 0.0511. The molecule has 0 aromatic heterocycles. The number of nitrogens with one attached hydrogen (secondary N) is 1. The average Bonchev–Trinajstić information content (AvgIpc) is 2.71. The highest BCUT2D eigenvalue weighted by atomic mass is 32.2. The third-order valence-corrected chi connectivity index (χ3v) is 6.57. The number of hydrogen-bond acceptors (Lipinski definition) is 4. The first-order valence-electron chi connectivity index (χ1n) is 9.52. The number of benzene rings is 3. The number of sulfonamides is 1. The highest BCUT2D eigenvalue weighted by Crippen LogP contribution is 2.36. The molecule has 8 heteroatoms. The van der Waals surface area contributed by atoms with E-state index in [9.17, 15) is 22.0 Å². The van der Waals surface area contributed by atoms with Crippen molar-refractivity contribution in [3.8, 4) is 28.0 Å². The summed E-state index contributed by atoms with van der Waals surface area (Å²) in [7, 11) is -2.20. The van der Waals surface area contributed by atoms with Crippen LogP contribution < -0.4 is 9.46 Å². The molecule has 0 spiro atoms. The molecular formula is C23H19F2NO4S. The molecule has 1 N–H and O–H groups in total. The zero-order valence-corrected chi connectivity index (χ0v) is 17.4. The van der Waals surface area contributed by atoms with Gasteiger partial charge in [0.1, 0.15) is 17.4 Å². The molecule has 1 fully saturated rings. The van der Waals surface area contributed by atoms with E-state index >= 15 is 0 Å². The molecule has 1 heterocycles. The second-order valence-corrected chi connectivity index (χ2v) is 9.17. The fourth-order valence-electron chi connectivity index (χ4n) is 3.83. The Morgan fingerprint density at radius 1 is 0.903 bits per heavy atom. The molecular weight excluding hydrogens is 424 g/mol.